The molecule has 0 amide bonds. The molecule has 130 valence electrons. The molecule has 0 unspecified atom stereocenters. The van der Waals surface area contributed by atoms with Crippen LogP contribution in [0.25, 0.3) is 10.9 Å². The van der Waals surface area contributed by atoms with Crippen molar-refractivity contribution in [1.82, 2.24) is 14.5 Å². The molecule has 1 aliphatic heterocycles. The van der Waals surface area contributed by atoms with E-state index >= 15 is 0 Å². The Labute approximate surface area is 148 Å². The van der Waals surface area contributed by atoms with E-state index in [0.29, 0.717) is 0 Å². The molecule has 0 saturated carbocycles. The number of hydrogen-bond acceptors (Lipinski definition) is 3. The minimum atomic E-state index is -0.276. The number of rotatable bonds is 5. The summed E-state index contributed by atoms with van der Waals surface area (Å²) < 4.78 is 2.28. The normalized spacial score (nSPS) is 21.2. The Hall–Kier alpha value is -2.17. The largest absolute Gasteiger partial charge is 0.391 e. The number of benzene rings is 1. The molecule has 4 rings (SSSR count). The Morgan fingerprint density at radius 1 is 1.12 bits per heavy atom. The Morgan fingerprint density at radius 3 is 2.84 bits per heavy atom. The van der Waals surface area contributed by atoms with Crippen LogP contribution >= 0.6 is 0 Å². The Bertz CT molecular complexity index is 843. The van der Waals surface area contributed by atoms with Gasteiger partial charge in [0.15, 0.2) is 0 Å². The molecule has 4 nitrogen and oxygen atoms in total. The summed E-state index contributed by atoms with van der Waals surface area (Å²) in [6, 6.07) is 14.7. The van der Waals surface area contributed by atoms with E-state index in [0.717, 1.165) is 38.3 Å². The zero-order valence-corrected chi connectivity index (χ0v) is 14.7. The van der Waals surface area contributed by atoms with Crippen LogP contribution in [0.1, 0.15) is 18.2 Å². The third-order valence-electron chi connectivity index (χ3n) is 5.32. The summed E-state index contributed by atoms with van der Waals surface area (Å²) in [6.45, 7) is 5.71. The van der Waals surface area contributed by atoms with E-state index in [-0.39, 0.29) is 12.0 Å². The maximum absolute atomic E-state index is 10.5. The van der Waals surface area contributed by atoms with Gasteiger partial charge in [0.05, 0.1) is 6.10 Å². The molecule has 1 saturated heterocycles. The lowest BCUT2D eigenvalue weighted by Crippen LogP contribution is -2.21. The van der Waals surface area contributed by atoms with Crippen molar-refractivity contribution in [2.75, 3.05) is 13.1 Å². The minimum Gasteiger partial charge on any atom is -0.391 e. The van der Waals surface area contributed by atoms with Gasteiger partial charge in [-0.05, 0) is 43.2 Å². The van der Waals surface area contributed by atoms with E-state index in [4.69, 9.17) is 0 Å². The second-order valence-corrected chi connectivity index (χ2v) is 7.00. The van der Waals surface area contributed by atoms with Crippen molar-refractivity contribution in [3.63, 3.8) is 0 Å². The first kappa shape index (κ1) is 16.3. The number of hydrogen-bond donors (Lipinski definition) is 1. The second-order valence-electron chi connectivity index (χ2n) is 7.00. The number of aliphatic hydroxyl groups excluding tert-OH is 1. The average molecular weight is 335 g/mol. The van der Waals surface area contributed by atoms with Gasteiger partial charge in [0, 0.05) is 61.1 Å². The van der Waals surface area contributed by atoms with Gasteiger partial charge in [-0.2, -0.15) is 0 Å². The van der Waals surface area contributed by atoms with Crippen LogP contribution in [-0.2, 0) is 19.5 Å². The lowest BCUT2D eigenvalue weighted by atomic mass is 10.00. The molecule has 3 heterocycles. The van der Waals surface area contributed by atoms with Gasteiger partial charge in [-0.25, -0.2) is 0 Å². The van der Waals surface area contributed by atoms with E-state index in [9.17, 15) is 5.11 Å². The molecule has 0 radical (unpaired) electrons. The topological polar surface area (TPSA) is 41.3 Å². The van der Waals surface area contributed by atoms with E-state index in [1.54, 1.807) is 0 Å². The smallest absolute Gasteiger partial charge is 0.0711 e. The van der Waals surface area contributed by atoms with E-state index in [1.165, 1.54) is 16.5 Å². The van der Waals surface area contributed by atoms with Crippen LogP contribution in [0.3, 0.4) is 0 Å². The van der Waals surface area contributed by atoms with Crippen molar-refractivity contribution in [2.45, 2.75) is 32.5 Å². The zero-order valence-electron chi connectivity index (χ0n) is 14.7. The third kappa shape index (κ3) is 3.32. The number of aryl methyl sites for hydroxylation is 1. The molecule has 2 aromatic heterocycles. The number of aromatic nitrogens is 2. The molecule has 1 fully saturated rings. The maximum Gasteiger partial charge on any atom is 0.0711 e. The van der Waals surface area contributed by atoms with Crippen LogP contribution in [0.15, 0.2) is 54.9 Å². The van der Waals surface area contributed by atoms with Crippen LogP contribution in [0.2, 0.25) is 0 Å². The molecule has 0 aliphatic carbocycles. The molecular formula is C21H25N3O. The van der Waals surface area contributed by atoms with Crippen LogP contribution in [-0.4, -0.2) is 38.8 Å². The van der Waals surface area contributed by atoms with Crippen molar-refractivity contribution in [1.29, 1.82) is 0 Å². The highest BCUT2D eigenvalue weighted by molar-refractivity contribution is 5.83. The fourth-order valence-corrected chi connectivity index (χ4v) is 4.00. The summed E-state index contributed by atoms with van der Waals surface area (Å²) in [5.74, 6) is 0.259. The molecule has 1 N–H and O–H groups in total. The van der Waals surface area contributed by atoms with Gasteiger partial charge in [0.2, 0.25) is 0 Å². The molecule has 4 heteroatoms. The lowest BCUT2D eigenvalue weighted by Gasteiger charge is -2.16. The summed E-state index contributed by atoms with van der Waals surface area (Å²) in [6.07, 6.45) is 4.56. The van der Waals surface area contributed by atoms with Gasteiger partial charge in [0.1, 0.15) is 0 Å². The summed E-state index contributed by atoms with van der Waals surface area (Å²) >= 11 is 0. The number of aliphatic hydroxyl groups is 1. The minimum absolute atomic E-state index is 0.259. The van der Waals surface area contributed by atoms with Gasteiger partial charge in [-0.3, -0.25) is 9.88 Å². The van der Waals surface area contributed by atoms with Crippen molar-refractivity contribution >= 4 is 10.9 Å². The monoisotopic (exact) mass is 335 g/mol. The number of β-amino-alcohol motifs (C(OH)–C–C–N with tert-alkyl or cyclic N) is 1. The fraction of sp³-hybridized carbons (Fsp3) is 0.381. The zero-order chi connectivity index (χ0) is 17.2. The fourth-order valence-electron chi connectivity index (χ4n) is 4.00. The first-order chi connectivity index (χ1) is 12.2. The maximum atomic E-state index is 10.5. The van der Waals surface area contributed by atoms with Gasteiger partial charge in [0.25, 0.3) is 0 Å². The standard InChI is InChI=1S/C21H25N3O/c1-2-24-11-9-19-16(6-5-8-20(19)24)13-23-14-17(21(25)15-23)12-18-7-3-4-10-22-18/h3-11,17,21,25H,2,12-15H2,1H3/t17-,21-/m1/s1. The van der Waals surface area contributed by atoms with Crippen molar-refractivity contribution < 1.29 is 5.11 Å². The summed E-state index contributed by atoms with van der Waals surface area (Å²) in [5.41, 5.74) is 3.70. The summed E-state index contributed by atoms with van der Waals surface area (Å²) in [5, 5.41) is 11.8. The molecule has 0 bridgehead atoms. The molecular weight excluding hydrogens is 310 g/mol. The van der Waals surface area contributed by atoms with E-state index in [1.807, 2.05) is 24.4 Å². The molecule has 2 atom stereocenters. The number of nitrogens with zero attached hydrogens (tertiary/aromatic N) is 3. The third-order valence-corrected chi connectivity index (χ3v) is 5.32. The van der Waals surface area contributed by atoms with Crippen molar-refractivity contribution in [2.24, 2.45) is 5.92 Å². The Morgan fingerprint density at radius 2 is 2.04 bits per heavy atom. The average Bonchev–Trinajstić information content (AvgIpc) is 3.20. The Kier molecular flexibility index (Phi) is 4.55. The SMILES string of the molecule is CCn1ccc2c(CN3C[C@@H](Cc4ccccn4)[C@H](O)C3)cccc21. The molecule has 25 heavy (non-hydrogen) atoms. The van der Waals surface area contributed by atoms with E-state index < -0.39 is 0 Å². The first-order valence-electron chi connectivity index (χ1n) is 9.11. The Balaban J connectivity index is 1.48. The molecule has 1 aliphatic rings. The van der Waals surface area contributed by atoms with Gasteiger partial charge in [-0.15, -0.1) is 0 Å². The number of likely N-dealkylation sites (tertiary alicyclic amines) is 1. The molecule has 0 spiro atoms. The predicted molar refractivity (Wildman–Crippen MR) is 100 cm³/mol. The quantitative estimate of drug-likeness (QED) is 0.779. The lowest BCUT2D eigenvalue weighted by molar-refractivity contribution is 0.140. The van der Waals surface area contributed by atoms with Gasteiger partial charge in [-0.1, -0.05) is 18.2 Å². The van der Waals surface area contributed by atoms with Crippen LogP contribution in [0.4, 0.5) is 0 Å². The van der Waals surface area contributed by atoms with Gasteiger partial charge < -0.3 is 9.67 Å². The van der Waals surface area contributed by atoms with Crippen molar-refractivity contribution in [3.8, 4) is 0 Å². The van der Waals surface area contributed by atoms with Crippen LogP contribution in [0, 0.1) is 5.92 Å². The summed E-state index contributed by atoms with van der Waals surface area (Å²) in [7, 11) is 0. The highest BCUT2D eigenvalue weighted by atomic mass is 16.3. The van der Waals surface area contributed by atoms with E-state index in [2.05, 4.69) is 51.8 Å². The number of pyridine rings is 1. The van der Waals surface area contributed by atoms with Crippen LogP contribution < -0.4 is 0 Å². The molecule has 3 aromatic rings. The molecule has 1 aromatic carbocycles. The van der Waals surface area contributed by atoms with Crippen molar-refractivity contribution in [3.05, 3.63) is 66.1 Å². The number of fused-ring (bicyclic) bond motifs is 1. The highest BCUT2D eigenvalue weighted by Crippen LogP contribution is 2.26. The van der Waals surface area contributed by atoms with Gasteiger partial charge >= 0.3 is 0 Å². The highest BCUT2D eigenvalue weighted by Gasteiger charge is 2.31. The predicted octanol–water partition coefficient (Wildman–Crippen LogP) is 3.09. The summed E-state index contributed by atoms with van der Waals surface area (Å²) in [4.78, 5) is 6.78. The second kappa shape index (κ2) is 6.98. The first-order valence-corrected chi connectivity index (χ1v) is 9.11. The van der Waals surface area contributed by atoms with Crippen LogP contribution in [0.5, 0.6) is 0 Å².